The van der Waals surface area contributed by atoms with E-state index < -0.39 is 0 Å². The first-order valence-corrected chi connectivity index (χ1v) is 6.97. The van der Waals surface area contributed by atoms with Crippen molar-refractivity contribution in [3.63, 3.8) is 0 Å². The van der Waals surface area contributed by atoms with Crippen molar-refractivity contribution >= 4 is 38.8 Å². The number of ketones is 1. The minimum Gasteiger partial charge on any atom is -0.397 e. The monoisotopic (exact) mass is 295 g/mol. The molecule has 102 valence electrons. The molecule has 0 spiro atoms. The zero-order chi connectivity index (χ0) is 15.0. The third kappa shape index (κ3) is 2.10. The fourth-order valence-electron chi connectivity index (χ4n) is 2.09. The van der Waals surface area contributed by atoms with Gasteiger partial charge in [0.2, 0.25) is 5.78 Å². The lowest BCUT2D eigenvalue weighted by molar-refractivity contribution is -0.323. The van der Waals surface area contributed by atoms with Crippen LogP contribution in [-0.4, -0.2) is 5.78 Å². The van der Waals surface area contributed by atoms with Gasteiger partial charge in [-0.05, 0) is 6.07 Å². The number of rotatable bonds is 2. The molecule has 5 nitrogen and oxygen atoms in total. The summed E-state index contributed by atoms with van der Waals surface area (Å²) in [4.78, 5) is 16.5. The van der Waals surface area contributed by atoms with E-state index >= 15 is 0 Å². The topological polar surface area (TPSA) is 107 Å². The van der Waals surface area contributed by atoms with E-state index in [1.165, 1.54) is 11.3 Å². The van der Waals surface area contributed by atoms with E-state index in [9.17, 15) is 4.79 Å². The molecule has 0 fully saturated rings. The molecule has 0 saturated carbocycles. The molecule has 21 heavy (non-hydrogen) atoms. The minimum absolute atomic E-state index is 0.139. The van der Waals surface area contributed by atoms with E-state index in [0.717, 1.165) is 0 Å². The molecule has 6 heteroatoms. The van der Waals surface area contributed by atoms with E-state index in [0.29, 0.717) is 31.9 Å². The SMILES string of the molecule is N#Cc1cc2c(N)c(C(=O)c3ccccc3)sc2[nH+]c1N. The Morgan fingerprint density at radius 2 is 1.95 bits per heavy atom. The van der Waals surface area contributed by atoms with Crippen molar-refractivity contribution in [3.05, 3.63) is 52.4 Å². The number of fused-ring (bicyclic) bond motifs is 1. The summed E-state index contributed by atoms with van der Waals surface area (Å²) in [6.45, 7) is 0. The highest BCUT2D eigenvalue weighted by molar-refractivity contribution is 7.21. The van der Waals surface area contributed by atoms with Crippen molar-refractivity contribution < 1.29 is 9.78 Å². The van der Waals surface area contributed by atoms with Gasteiger partial charge in [0.15, 0.2) is 4.83 Å². The second kappa shape index (κ2) is 4.89. The van der Waals surface area contributed by atoms with Gasteiger partial charge in [0, 0.05) is 5.56 Å². The van der Waals surface area contributed by atoms with Gasteiger partial charge in [-0.2, -0.15) is 5.26 Å². The smallest absolute Gasteiger partial charge is 0.289 e. The molecule has 3 aromatic rings. The van der Waals surface area contributed by atoms with Crippen LogP contribution in [0.4, 0.5) is 11.5 Å². The van der Waals surface area contributed by atoms with Crippen molar-refractivity contribution in [2.75, 3.05) is 11.5 Å². The fraction of sp³-hybridized carbons (Fsp3) is 0. The predicted octanol–water partition coefficient (Wildman–Crippen LogP) is 1.98. The highest BCUT2D eigenvalue weighted by Crippen LogP contribution is 2.33. The first-order chi connectivity index (χ1) is 10.1. The van der Waals surface area contributed by atoms with Gasteiger partial charge < -0.3 is 5.73 Å². The van der Waals surface area contributed by atoms with Gasteiger partial charge >= 0.3 is 0 Å². The van der Waals surface area contributed by atoms with E-state index in [-0.39, 0.29) is 11.6 Å². The number of nitriles is 1. The van der Waals surface area contributed by atoms with Crippen LogP contribution in [0.2, 0.25) is 0 Å². The summed E-state index contributed by atoms with van der Waals surface area (Å²) in [6.07, 6.45) is 0. The van der Waals surface area contributed by atoms with Crippen LogP contribution in [0, 0.1) is 11.3 Å². The molecule has 2 aromatic heterocycles. The normalized spacial score (nSPS) is 10.4. The molecule has 0 amide bonds. The van der Waals surface area contributed by atoms with Crippen LogP contribution in [0.5, 0.6) is 0 Å². The Labute approximate surface area is 124 Å². The lowest BCUT2D eigenvalue weighted by atomic mass is 10.1. The van der Waals surface area contributed by atoms with Gasteiger partial charge in [-0.3, -0.25) is 10.5 Å². The molecule has 0 radical (unpaired) electrons. The summed E-state index contributed by atoms with van der Waals surface area (Å²) in [7, 11) is 0. The number of pyridine rings is 1. The summed E-state index contributed by atoms with van der Waals surface area (Å²) >= 11 is 1.24. The van der Waals surface area contributed by atoms with Crippen molar-refractivity contribution in [3.8, 4) is 6.07 Å². The van der Waals surface area contributed by atoms with Crippen LogP contribution < -0.4 is 16.5 Å². The molecular weight excluding hydrogens is 284 g/mol. The summed E-state index contributed by atoms with van der Waals surface area (Å²) in [5, 5.41) is 9.65. The van der Waals surface area contributed by atoms with Gasteiger partial charge in [-0.1, -0.05) is 41.7 Å². The molecule has 0 unspecified atom stereocenters. The maximum Gasteiger partial charge on any atom is 0.289 e. The molecule has 0 bridgehead atoms. The number of carbonyl (C=O) groups excluding carboxylic acids is 1. The fourth-order valence-corrected chi connectivity index (χ4v) is 3.16. The number of aromatic amines is 1. The Bertz CT molecular complexity index is 893. The van der Waals surface area contributed by atoms with Gasteiger partial charge in [0.25, 0.3) is 5.82 Å². The highest BCUT2D eigenvalue weighted by Gasteiger charge is 2.21. The summed E-state index contributed by atoms with van der Waals surface area (Å²) in [6, 6.07) is 12.5. The molecule has 0 aliphatic carbocycles. The summed E-state index contributed by atoms with van der Waals surface area (Å²) in [5.41, 5.74) is 13.1. The average Bonchev–Trinajstić information content (AvgIpc) is 2.82. The van der Waals surface area contributed by atoms with Crippen LogP contribution in [0.3, 0.4) is 0 Å². The van der Waals surface area contributed by atoms with Crippen molar-refractivity contribution in [2.24, 2.45) is 0 Å². The van der Waals surface area contributed by atoms with Gasteiger partial charge in [0.1, 0.15) is 16.5 Å². The largest absolute Gasteiger partial charge is 0.397 e. The van der Waals surface area contributed by atoms with E-state index in [1.54, 1.807) is 30.3 Å². The number of thiophene rings is 1. The third-order valence-electron chi connectivity index (χ3n) is 3.17. The first kappa shape index (κ1) is 13.1. The number of H-pyrrole nitrogens is 1. The number of benzene rings is 1. The molecule has 5 N–H and O–H groups in total. The van der Waals surface area contributed by atoms with Crippen LogP contribution in [0.25, 0.3) is 10.2 Å². The summed E-state index contributed by atoms with van der Waals surface area (Å²) < 4.78 is 0. The van der Waals surface area contributed by atoms with Crippen LogP contribution >= 0.6 is 11.3 Å². The molecule has 0 saturated heterocycles. The predicted molar refractivity (Wildman–Crippen MR) is 81.8 cm³/mol. The number of hydrogen-bond acceptors (Lipinski definition) is 5. The standard InChI is InChI=1S/C15H10N4OS/c16-7-9-6-10-11(17)13(21-15(10)19-14(9)18)12(20)8-4-2-1-3-5-8/h1-6H,17H2,(H2,18,19)/p+1. The lowest BCUT2D eigenvalue weighted by Crippen LogP contribution is -2.11. The zero-order valence-corrected chi connectivity index (χ0v) is 11.7. The number of hydrogen-bond donors (Lipinski definition) is 2. The van der Waals surface area contributed by atoms with Gasteiger partial charge in [-0.15, -0.1) is 0 Å². The lowest BCUT2D eigenvalue weighted by Gasteiger charge is -1.98. The second-order valence-electron chi connectivity index (χ2n) is 4.49. The van der Waals surface area contributed by atoms with Crippen molar-refractivity contribution in [1.82, 2.24) is 0 Å². The minimum atomic E-state index is -0.139. The van der Waals surface area contributed by atoms with Gasteiger partial charge in [-0.25, -0.2) is 4.98 Å². The number of nitrogens with two attached hydrogens (primary N) is 2. The highest BCUT2D eigenvalue weighted by atomic mass is 32.1. The van der Waals surface area contributed by atoms with Crippen molar-refractivity contribution in [2.45, 2.75) is 0 Å². The van der Waals surface area contributed by atoms with E-state index in [4.69, 9.17) is 16.7 Å². The Balaban J connectivity index is 2.19. The number of nitrogens with one attached hydrogen (secondary N) is 1. The maximum atomic E-state index is 12.5. The molecule has 2 heterocycles. The molecular formula is C15H11N4OS+. The quantitative estimate of drug-likeness (QED) is 0.705. The average molecular weight is 295 g/mol. The Kier molecular flexibility index (Phi) is 3.05. The van der Waals surface area contributed by atoms with Crippen LogP contribution in [0.1, 0.15) is 20.8 Å². The van der Waals surface area contributed by atoms with E-state index in [1.807, 2.05) is 12.1 Å². The number of nitrogen functional groups attached to an aromatic ring is 2. The Hall–Kier alpha value is -2.91. The van der Waals surface area contributed by atoms with Gasteiger partial charge in [0.05, 0.1) is 11.1 Å². The van der Waals surface area contributed by atoms with E-state index in [2.05, 4.69) is 4.98 Å². The Morgan fingerprint density at radius 3 is 2.62 bits per heavy atom. The molecule has 0 atom stereocenters. The number of nitrogens with zero attached hydrogens (tertiary/aromatic N) is 1. The number of anilines is 2. The molecule has 0 aliphatic heterocycles. The third-order valence-corrected chi connectivity index (χ3v) is 4.31. The number of carbonyl (C=O) groups is 1. The first-order valence-electron chi connectivity index (χ1n) is 6.15. The summed E-state index contributed by atoms with van der Waals surface area (Å²) in [5.74, 6) is 0.129. The van der Waals surface area contributed by atoms with Crippen LogP contribution in [0.15, 0.2) is 36.4 Å². The maximum absolute atomic E-state index is 12.5. The zero-order valence-electron chi connectivity index (χ0n) is 10.9. The second-order valence-corrected chi connectivity index (χ2v) is 5.51. The Morgan fingerprint density at radius 1 is 1.24 bits per heavy atom. The van der Waals surface area contributed by atoms with Crippen LogP contribution in [-0.2, 0) is 0 Å². The van der Waals surface area contributed by atoms with Crippen molar-refractivity contribution in [1.29, 1.82) is 5.26 Å². The number of aromatic nitrogens is 1. The molecule has 1 aromatic carbocycles. The molecule has 3 rings (SSSR count). The molecule has 0 aliphatic rings.